The molecular weight excluding hydrogens is 887 g/mol. The first-order valence-electron chi connectivity index (χ1n) is 25.7. The van der Waals surface area contributed by atoms with Crippen molar-refractivity contribution in [1.82, 2.24) is 0 Å². The van der Waals surface area contributed by atoms with Gasteiger partial charge in [-0.2, -0.15) is 0 Å². The predicted octanol–water partition coefficient (Wildman–Crippen LogP) is 16.9. The molecule has 1 aliphatic rings. The van der Waals surface area contributed by atoms with Crippen LogP contribution in [0, 0.1) is 35.5 Å². The van der Waals surface area contributed by atoms with E-state index < -0.39 is 0 Å². The summed E-state index contributed by atoms with van der Waals surface area (Å²) in [6.45, 7) is 28.4. The number of benzene rings is 9. The summed E-state index contributed by atoms with van der Waals surface area (Å²) in [5.74, 6) is 20.7. The molecule has 2 amide bonds. The molecule has 73 heavy (non-hydrogen) atoms. The van der Waals surface area contributed by atoms with E-state index in [4.69, 9.17) is 0 Å². The molecule has 0 bridgehead atoms. The Morgan fingerprint density at radius 1 is 0.370 bits per heavy atom. The van der Waals surface area contributed by atoms with E-state index in [-0.39, 0.29) is 39.9 Å². The van der Waals surface area contributed by atoms with Gasteiger partial charge in [0.25, 0.3) is 11.8 Å². The fraction of sp³-hybridized carbons (Fsp3) is 0.257. The Morgan fingerprint density at radius 2 is 0.740 bits per heavy atom. The van der Waals surface area contributed by atoms with E-state index in [1.807, 2.05) is 30.3 Å². The van der Waals surface area contributed by atoms with Gasteiger partial charge in [-0.1, -0.05) is 204 Å². The van der Waals surface area contributed by atoms with Gasteiger partial charge in [0.2, 0.25) is 0 Å². The van der Waals surface area contributed by atoms with E-state index in [2.05, 4.69) is 229 Å². The van der Waals surface area contributed by atoms with Crippen molar-refractivity contribution in [2.75, 3.05) is 4.90 Å². The zero-order valence-corrected chi connectivity index (χ0v) is 44.6. The van der Waals surface area contributed by atoms with E-state index >= 15 is 9.59 Å². The molecule has 9 aromatic rings. The van der Waals surface area contributed by atoms with Gasteiger partial charge in [0.05, 0.1) is 16.8 Å². The Hall–Kier alpha value is -7.90. The molecule has 0 N–H and O–H groups in total. The third-order valence-electron chi connectivity index (χ3n) is 14.7. The molecule has 0 radical (unpaired) electrons. The van der Waals surface area contributed by atoms with Crippen LogP contribution in [-0.4, -0.2) is 11.8 Å². The van der Waals surface area contributed by atoms with Gasteiger partial charge >= 0.3 is 0 Å². The maximum atomic E-state index is 15.7. The summed E-state index contributed by atoms with van der Waals surface area (Å²) >= 11 is 0. The van der Waals surface area contributed by atoms with Crippen molar-refractivity contribution >= 4 is 60.6 Å². The van der Waals surface area contributed by atoms with E-state index in [9.17, 15) is 0 Å². The highest BCUT2D eigenvalue weighted by molar-refractivity contribution is 6.44. The minimum absolute atomic E-state index is 0.0127. The monoisotopic (exact) mass is 949 g/mol. The van der Waals surface area contributed by atoms with E-state index in [1.54, 1.807) is 0 Å². The summed E-state index contributed by atoms with van der Waals surface area (Å²) in [6.07, 6.45) is 0. The number of carbonyl (C=O) groups excluding carboxylic acids is 2. The zero-order chi connectivity index (χ0) is 51.9. The van der Waals surface area contributed by atoms with Crippen LogP contribution in [0.15, 0.2) is 133 Å². The summed E-state index contributed by atoms with van der Waals surface area (Å²) in [4.78, 5) is 32.8. The van der Waals surface area contributed by atoms with Crippen molar-refractivity contribution in [3.63, 3.8) is 0 Å². The van der Waals surface area contributed by atoms with Crippen molar-refractivity contribution in [3.8, 4) is 35.5 Å². The molecule has 10 rings (SSSR count). The zero-order valence-electron chi connectivity index (χ0n) is 44.6. The lowest BCUT2D eigenvalue weighted by Gasteiger charge is -2.33. The molecule has 0 saturated heterocycles. The van der Waals surface area contributed by atoms with Crippen molar-refractivity contribution < 1.29 is 9.59 Å². The normalized spacial score (nSPS) is 12.9. The van der Waals surface area contributed by atoms with Crippen molar-refractivity contribution in [1.29, 1.82) is 0 Å². The van der Waals surface area contributed by atoms with Crippen LogP contribution in [0.4, 0.5) is 5.69 Å². The van der Waals surface area contributed by atoms with Crippen LogP contribution in [0.25, 0.3) is 43.1 Å². The van der Waals surface area contributed by atoms with Crippen molar-refractivity contribution in [3.05, 3.63) is 206 Å². The number of anilines is 1. The minimum atomic E-state index is -0.356. The number of rotatable bonds is 3. The van der Waals surface area contributed by atoms with Gasteiger partial charge in [0.1, 0.15) is 0 Å². The van der Waals surface area contributed by atoms with Crippen LogP contribution in [0.2, 0.25) is 0 Å². The lowest BCUT2D eigenvalue weighted by Crippen LogP contribution is -2.42. The van der Waals surface area contributed by atoms with E-state index in [0.29, 0.717) is 33.3 Å². The Labute approximate surface area is 432 Å². The topological polar surface area (TPSA) is 37.4 Å². The van der Waals surface area contributed by atoms with Gasteiger partial charge < -0.3 is 0 Å². The molecule has 3 heteroatoms. The van der Waals surface area contributed by atoms with Gasteiger partial charge in [-0.25, -0.2) is 4.90 Å². The molecular formula is C70H63NO2. The standard InChI is InChI=1S/C70H63NO2/c1-42(2)53-16-14-17-54(43(3)4)65(53)71-66(72)58-40-48(30-21-45-25-35-51(36-26-45)69(8,9)10)60-56-19-15-18-55-47(29-20-44-23-33-50(34-24-44)68(5,6)7)32-39-57(62(55)56)61-49(41-59(67(71)73)63(58)64(60)61)31-22-46-27-37-52(38-28-46)70(11,12)13/h14-19,23-28,32-43H,1-13H3. The van der Waals surface area contributed by atoms with E-state index in [1.165, 1.54) is 21.6 Å². The van der Waals surface area contributed by atoms with Crippen LogP contribution in [0.3, 0.4) is 0 Å². The summed E-state index contributed by atoms with van der Waals surface area (Å²) in [5, 5.41) is 7.20. The van der Waals surface area contributed by atoms with Crippen LogP contribution < -0.4 is 4.90 Å². The van der Waals surface area contributed by atoms with Crippen LogP contribution in [-0.2, 0) is 16.2 Å². The highest BCUT2D eigenvalue weighted by Crippen LogP contribution is 2.49. The lowest BCUT2D eigenvalue weighted by atomic mass is 9.80. The number of imide groups is 1. The molecule has 0 fully saturated rings. The van der Waals surface area contributed by atoms with Crippen LogP contribution in [0.5, 0.6) is 0 Å². The molecule has 360 valence electrons. The quantitative estimate of drug-likeness (QED) is 0.0766. The Bertz CT molecular complexity index is 3740. The molecule has 0 aromatic heterocycles. The van der Waals surface area contributed by atoms with Gasteiger partial charge in [-0.3, -0.25) is 9.59 Å². The first-order chi connectivity index (χ1) is 34.6. The average Bonchev–Trinajstić information content (AvgIpc) is 3.35. The Morgan fingerprint density at radius 3 is 1.14 bits per heavy atom. The largest absolute Gasteiger partial charge is 0.268 e. The average molecular weight is 950 g/mol. The number of para-hydroxylation sites is 1. The molecule has 0 aliphatic carbocycles. The van der Waals surface area contributed by atoms with Crippen LogP contribution >= 0.6 is 0 Å². The highest BCUT2D eigenvalue weighted by Gasteiger charge is 2.39. The summed E-state index contributed by atoms with van der Waals surface area (Å²) in [7, 11) is 0. The second-order valence-electron chi connectivity index (χ2n) is 23.6. The minimum Gasteiger partial charge on any atom is -0.268 e. The van der Waals surface area contributed by atoms with Crippen LogP contribution in [0.1, 0.15) is 184 Å². The summed E-state index contributed by atoms with van der Waals surface area (Å²) < 4.78 is 0. The number of hydrogen-bond acceptors (Lipinski definition) is 2. The smallest absolute Gasteiger partial charge is 0.266 e. The first-order valence-corrected chi connectivity index (χ1v) is 25.7. The molecule has 9 aromatic carbocycles. The molecule has 3 nitrogen and oxygen atoms in total. The number of amides is 2. The summed E-state index contributed by atoms with van der Waals surface area (Å²) in [6, 6.07) is 46.1. The number of nitrogens with zero attached hydrogens (tertiary/aromatic N) is 1. The van der Waals surface area contributed by atoms with Gasteiger partial charge in [-0.05, 0) is 132 Å². The number of fused-ring (bicyclic) bond motifs is 2. The molecule has 0 unspecified atom stereocenters. The van der Waals surface area contributed by atoms with Crippen molar-refractivity contribution in [2.45, 2.75) is 118 Å². The predicted molar refractivity (Wildman–Crippen MR) is 307 cm³/mol. The number of carbonyl (C=O) groups is 2. The maximum Gasteiger partial charge on any atom is 0.266 e. The fourth-order valence-corrected chi connectivity index (χ4v) is 10.5. The van der Waals surface area contributed by atoms with Crippen molar-refractivity contribution in [2.24, 2.45) is 0 Å². The highest BCUT2D eigenvalue weighted by atomic mass is 16.2. The van der Waals surface area contributed by atoms with Gasteiger partial charge in [-0.15, -0.1) is 0 Å². The molecule has 1 heterocycles. The second kappa shape index (κ2) is 18.0. The number of hydrogen-bond donors (Lipinski definition) is 0. The van der Waals surface area contributed by atoms with E-state index in [0.717, 1.165) is 71.1 Å². The molecule has 0 spiro atoms. The molecule has 0 atom stereocenters. The second-order valence-corrected chi connectivity index (χ2v) is 23.6. The third-order valence-corrected chi connectivity index (χ3v) is 14.7. The SMILES string of the molecule is CC(C)c1cccc(C(C)C)c1N1C(=O)c2cc(C#Cc3ccc(C(C)(C)C)cc3)c3c4cccc5c(C#Cc6ccc(C(C)(C)C)cc6)ccc(c6c(C#Cc7ccc(C(C)(C)C)cc7)cc(c2c36)C1=O)c54. The fourth-order valence-electron chi connectivity index (χ4n) is 10.5. The molecule has 0 saturated carbocycles. The van der Waals surface area contributed by atoms with Gasteiger partial charge in [0, 0.05) is 54.9 Å². The maximum absolute atomic E-state index is 15.7. The van der Waals surface area contributed by atoms with Gasteiger partial charge in [0.15, 0.2) is 0 Å². The Balaban J connectivity index is 1.32. The first kappa shape index (κ1) is 48.7. The third kappa shape index (κ3) is 8.75. The molecule has 1 aliphatic heterocycles. The lowest BCUT2D eigenvalue weighted by molar-refractivity contribution is 0.0892. The Kier molecular flexibility index (Phi) is 12.0. The summed E-state index contributed by atoms with van der Waals surface area (Å²) in [5.41, 5.74) is 12.2.